The maximum absolute atomic E-state index is 15.1. The Labute approximate surface area is 345 Å². The van der Waals surface area contributed by atoms with Crippen molar-refractivity contribution >= 4 is 40.6 Å². The summed E-state index contributed by atoms with van der Waals surface area (Å²) in [6, 6.07) is 27.8. The van der Waals surface area contributed by atoms with Gasteiger partial charge in [0.1, 0.15) is 11.6 Å². The first kappa shape index (κ1) is 41.0. The van der Waals surface area contributed by atoms with Gasteiger partial charge in [-0.3, -0.25) is 4.79 Å². The first-order chi connectivity index (χ1) is 27.2. The van der Waals surface area contributed by atoms with E-state index in [1.165, 1.54) is 50.6 Å². The minimum atomic E-state index is -0.715. The van der Waals surface area contributed by atoms with Crippen LogP contribution in [0.5, 0.6) is 0 Å². The zero-order valence-corrected chi connectivity index (χ0v) is 35.8. The Morgan fingerprint density at radius 3 is 2.07 bits per heavy atom. The number of hydrogen-bond donors (Lipinski definition) is 0. The molecule has 9 heteroatoms. The van der Waals surface area contributed by atoms with E-state index in [2.05, 4.69) is 62.2 Å². The molecule has 0 saturated carbocycles. The molecule has 57 heavy (non-hydrogen) atoms. The molecule has 296 valence electrons. The fraction of sp³-hybridized carbons (Fsp3) is 0.375. The Balaban J connectivity index is 0.000000177. The highest BCUT2D eigenvalue weighted by Crippen LogP contribution is 2.62. The van der Waals surface area contributed by atoms with Crippen molar-refractivity contribution in [1.82, 2.24) is 14.7 Å². The van der Waals surface area contributed by atoms with Crippen LogP contribution in [-0.2, 0) is 14.3 Å². The summed E-state index contributed by atoms with van der Waals surface area (Å²) in [6.07, 6.45) is 3.72. The summed E-state index contributed by atoms with van der Waals surface area (Å²) < 4.78 is 29.2. The summed E-state index contributed by atoms with van der Waals surface area (Å²) in [5, 5.41) is 9.14. The van der Waals surface area contributed by atoms with Crippen molar-refractivity contribution in [2.45, 2.75) is 72.7 Å². The third-order valence-corrected chi connectivity index (χ3v) is 14.8. The van der Waals surface area contributed by atoms with Crippen molar-refractivity contribution in [3.05, 3.63) is 141 Å². The second-order valence-electron chi connectivity index (χ2n) is 16.4. The molecule has 4 heterocycles. The van der Waals surface area contributed by atoms with E-state index in [9.17, 15) is 9.18 Å². The van der Waals surface area contributed by atoms with Crippen LogP contribution in [0.3, 0.4) is 0 Å². The lowest BCUT2D eigenvalue weighted by atomic mass is 9.81. The number of likely N-dealkylation sites (tertiary alicyclic amines) is 2. The standard InChI is InChI=1S/C25H28F2N2OS.C23H24N2S/c1-16-9-10-18-22(17-11-13-29(14-12-17)21(30)15-28(3)4)25(2,31-24(18)23(16)27)19-7-5-6-8-20(19)26;1-16-4-9-21-20(14-16)22(18-10-12-25(3)13-11-18)23(2,26-21)19-7-5-17(15-24)6-8-19/h5-10H,11-15H2,1-4H3;4-9,14H,10-13H2,1-3H3. The number of nitrogens with zero attached hydrogens (tertiary/aromatic N) is 4. The van der Waals surface area contributed by atoms with Crippen molar-refractivity contribution < 1.29 is 13.6 Å². The SMILES string of the molecule is Cc1ccc2c(c1)C(=C1CCN(C)CC1)C(C)(c1ccc(C#N)cc1)S2.Cc1ccc2c(c1F)SC(C)(c1ccccc1F)C2=C1CCN(C(=O)CN(C)C)CC1. The van der Waals surface area contributed by atoms with Gasteiger partial charge in [0.15, 0.2) is 0 Å². The number of amides is 1. The normalized spacial score (nSPS) is 21.9. The first-order valence-corrected chi connectivity index (χ1v) is 21.5. The number of likely N-dealkylation sites (N-methyl/N-ethyl adjacent to an activating group) is 1. The van der Waals surface area contributed by atoms with Crippen molar-refractivity contribution in [3.63, 3.8) is 0 Å². The maximum Gasteiger partial charge on any atom is 0.236 e. The van der Waals surface area contributed by atoms with Crippen LogP contribution in [0.1, 0.15) is 78.5 Å². The molecule has 0 spiro atoms. The Hall–Kier alpha value is -4.20. The average molecular weight is 803 g/mol. The fourth-order valence-electron chi connectivity index (χ4n) is 8.86. The lowest BCUT2D eigenvalue weighted by Crippen LogP contribution is -2.41. The first-order valence-electron chi connectivity index (χ1n) is 19.8. The van der Waals surface area contributed by atoms with Crippen molar-refractivity contribution in [3.8, 4) is 6.07 Å². The lowest BCUT2D eigenvalue weighted by molar-refractivity contribution is -0.132. The van der Waals surface area contributed by atoms with Gasteiger partial charge in [0.25, 0.3) is 0 Å². The highest BCUT2D eigenvalue weighted by atomic mass is 32.2. The van der Waals surface area contributed by atoms with Gasteiger partial charge in [-0.25, -0.2) is 8.78 Å². The van der Waals surface area contributed by atoms with Crippen LogP contribution in [0.15, 0.2) is 99.8 Å². The number of hydrogen-bond acceptors (Lipinski definition) is 6. The summed E-state index contributed by atoms with van der Waals surface area (Å²) >= 11 is 3.37. The monoisotopic (exact) mass is 802 g/mol. The third-order valence-electron chi connectivity index (χ3n) is 12.0. The number of carbonyl (C=O) groups excluding carboxylic acids is 1. The van der Waals surface area contributed by atoms with Gasteiger partial charge in [-0.2, -0.15) is 5.26 Å². The number of nitriles is 1. The summed E-state index contributed by atoms with van der Waals surface area (Å²) in [6.45, 7) is 12.2. The van der Waals surface area contributed by atoms with Gasteiger partial charge in [-0.1, -0.05) is 71.3 Å². The number of thioether (sulfide) groups is 2. The van der Waals surface area contributed by atoms with Gasteiger partial charge in [0, 0.05) is 36.6 Å². The molecule has 5 nitrogen and oxygen atoms in total. The van der Waals surface area contributed by atoms with Crippen LogP contribution in [-0.4, -0.2) is 74.5 Å². The zero-order chi connectivity index (χ0) is 40.6. The molecule has 0 bridgehead atoms. The molecule has 8 rings (SSSR count). The number of aryl methyl sites for hydroxylation is 2. The molecule has 0 radical (unpaired) electrons. The minimum absolute atomic E-state index is 0.0879. The van der Waals surface area contributed by atoms with Gasteiger partial charge < -0.3 is 14.7 Å². The van der Waals surface area contributed by atoms with E-state index < -0.39 is 4.75 Å². The third kappa shape index (κ3) is 7.99. The molecule has 2 atom stereocenters. The van der Waals surface area contributed by atoms with Crippen LogP contribution >= 0.6 is 23.5 Å². The largest absolute Gasteiger partial charge is 0.341 e. The molecule has 1 amide bonds. The van der Waals surface area contributed by atoms with Crippen LogP contribution in [0.4, 0.5) is 8.78 Å². The number of piperidine rings is 2. The minimum Gasteiger partial charge on any atom is -0.341 e. The molecule has 0 aromatic heterocycles. The second kappa shape index (κ2) is 16.6. The van der Waals surface area contributed by atoms with Gasteiger partial charge in [0.05, 0.1) is 32.6 Å². The number of fused-ring (bicyclic) bond motifs is 2. The van der Waals surface area contributed by atoms with E-state index in [1.807, 2.05) is 66.8 Å². The Morgan fingerprint density at radius 1 is 0.807 bits per heavy atom. The van der Waals surface area contributed by atoms with E-state index >= 15 is 4.39 Å². The topological polar surface area (TPSA) is 50.6 Å². The molecule has 4 aliphatic rings. The zero-order valence-electron chi connectivity index (χ0n) is 34.1. The molecule has 2 unspecified atom stereocenters. The summed E-state index contributed by atoms with van der Waals surface area (Å²) in [4.78, 5) is 20.6. The molecule has 0 aliphatic carbocycles. The van der Waals surface area contributed by atoms with Crippen molar-refractivity contribution in [2.75, 3.05) is 53.9 Å². The van der Waals surface area contributed by atoms with Gasteiger partial charge in [-0.05, 0) is 132 Å². The Bertz CT molecular complexity index is 2290. The molecule has 4 aromatic rings. The van der Waals surface area contributed by atoms with Crippen molar-refractivity contribution in [2.24, 2.45) is 0 Å². The molecule has 2 saturated heterocycles. The van der Waals surface area contributed by atoms with Crippen molar-refractivity contribution in [1.29, 1.82) is 5.26 Å². The van der Waals surface area contributed by atoms with Gasteiger partial charge in [0.2, 0.25) is 5.91 Å². The molecule has 2 fully saturated rings. The maximum atomic E-state index is 15.1. The van der Waals surface area contributed by atoms with Gasteiger partial charge >= 0.3 is 0 Å². The average Bonchev–Trinajstić information content (AvgIpc) is 3.68. The van der Waals surface area contributed by atoms with E-state index in [1.54, 1.807) is 30.7 Å². The van der Waals surface area contributed by atoms with Gasteiger partial charge in [-0.15, -0.1) is 23.5 Å². The van der Waals surface area contributed by atoms with E-state index in [0.717, 1.165) is 42.6 Å². The summed E-state index contributed by atoms with van der Waals surface area (Å²) in [5.41, 5.74) is 12.1. The Kier molecular flexibility index (Phi) is 11.9. The fourth-order valence-corrected chi connectivity index (χ4v) is 11.9. The predicted octanol–water partition coefficient (Wildman–Crippen LogP) is 10.6. The van der Waals surface area contributed by atoms with E-state index in [-0.39, 0.29) is 22.3 Å². The quantitative estimate of drug-likeness (QED) is 0.205. The van der Waals surface area contributed by atoms with Crippen LogP contribution in [0.2, 0.25) is 0 Å². The van der Waals surface area contributed by atoms with E-state index in [4.69, 9.17) is 5.26 Å². The highest BCUT2D eigenvalue weighted by Gasteiger charge is 2.46. The lowest BCUT2D eigenvalue weighted by Gasteiger charge is -2.34. The smallest absolute Gasteiger partial charge is 0.236 e. The molecule has 0 N–H and O–H groups in total. The number of rotatable bonds is 4. The summed E-state index contributed by atoms with van der Waals surface area (Å²) in [5.74, 6) is -0.382. The molecule has 4 aromatic carbocycles. The number of benzene rings is 4. The second-order valence-corrected chi connectivity index (χ2v) is 19.3. The number of carbonyl (C=O) groups is 1. The van der Waals surface area contributed by atoms with E-state index in [0.29, 0.717) is 48.5 Å². The molecular formula is C48H52F2N4OS2. The van der Waals surface area contributed by atoms with Crippen LogP contribution in [0.25, 0.3) is 11.1 Å². The van der Waals surface area contributed by atoms with Crippen LogP contribution < -0.4 is 0 Å². The Morgan fingerprint density at radius 2 is 1.44 bits per heavy atom. The molecular weight excluding hydrogens is 751 g/mol. The highest BCUT2D eigenvalue weighted by molar-refractivity contribution is 8.01. The predicted molar refractivity (Wildman–Crippen MR) is 231 cm³/mol. The number of halogens is 2. The summed E-state index contributed by atoms with van der Waals surface area (Å²) in [7, 11) is 5.99. The molecule has 4 aliphatic heterocycles. The van der Waals surface area contributed by atoms with Crippen LogP contribution in [0, 0.1) is 36.8 Å².